The Morgan fingerprint density at radius 2 is 1.20 bits per heavy atom. The molecule has 0 aromatic heterocycles. The van der Waals surface area contributed by atoms with Gasteiger partial charge in [-0.15, -0.1) is 0 Å². The van der Waals surface area contributed by atoms with Crippen LogP contribution < -0.4 is 38.1 Å². The summed E-state index contributed by atoms with van der Waals surface area (Å²) in [5.41, 5.74) is 12.2. The van der Waals surface area contributed by atoms with Gasteiger partial charge in [-0.2, -0.15) is 0 Å². The quantitative estimate of drug-likeness (QED) is 0.0541. The molecule has 3 aliphatic rings. The maximum atomic E-state index is 14.4. The molecular formula is C53H85N9O12. The number of primary amides is 1. The fourth-order valence-corrected chi connectivity index (χ4v) is 9.78. The van der Waals surface area contributed by atoms with Crippen molar-refractivity contribution < 1.29 is 58.8 Å². The summed E-state index contributed by atoms with van der Waals surface area (Å²) in [6, 6.07) is -3.50. The van der Waals surface area contributed by atoms with Crippen molar-refractivity contribution in [2.75, 3.05) is 19.6 Å². The van der Waals surface area contributed by atoms with Gasteiger partial charge in [0.05, 0.1) is 18.3 Å². The molecule has 21 heteroatoms. The average molecular weight is 1040 g/mol. The molecule has 8 amide bonds. The number of amides is 8. The Bertz CT molecular complexity index is 2020. The SMILES string of the molecule is CCCCCCCCCCCCCCCC(=O)N[C@@H]1C/C=C/C[C@@H](C(N)=O)NC(=O)[C@@H]2C[C@@H](O)CN2C(=O)[C@H](CCCN)NC(=O)[C@H](CCc2ccc(O)cc2)NC(=O)[C@@H]2C[C@@H](O)CN2C(=O)[C@H]([C@@H](C)O)NC1=O. The first kappa shape index (κ1) is 60.9. The molecule has 1 aromatic rings. The van der Waals surface area contributed by atoms with Gasteiger partial charge in [-0.05, 0) is 76.1 Å². The van der Waals surface area contributed by atoms with Crippen molar-refractivity contribution in [2.24, 2.45) is 11.5 Å². The third kappa shape index (κ3) is 19.9. The number of carbonyl (C=O) groups excluding carboxylic acids is 8. The number of hydrogen-bond donors (Lipinski definition) is 11. The summed E-state index contributed by atoms with van der Waals surface area (Å²) in [6.07, 6.45) is 13.2. The molecule has 3 aliphatic heterocycles. The van der Waals surface area contributed by atoms with E-state index >= 15 is 0 Å². The van der Waals surface area contributed by atoms with Crippen LogP contribution >= 0.6 is 0 Å². The van der Waals surface area contributed by atoms with Crippen molar-refractivity contribution in [3.63, 3.8) is 0 Å². The summed E-state index contributed by atoms with van der Waals surface area (Å²) in [5.74, 6) is -6.35. The summed E-state index contributed by atoms with van der Waals surface area (Å²) < 4.78 is 0. The lowest BCUT2D eigenvalue weighted by Crippen LogP contribution is -2.61. The number of aromatic hydroxyl groups is 1. The van der Waals surface area contributed by atoms with E-state index in [4.69, 9.17) is 11.5 Å². The zero-order valence-corrected chi connectivity index (χ0v) is 43.5. The zero-order valence-electron chi connectivity index (χ0n) is 43.5. The maximum absolute atomic E-state index is 14.4. The summed E-state index contributed by atoms with van der Waals surface area (Å²) >= 11 is 0. The molecule has 0 radical (unpaired) electrons. The highest BCUT2D eigenvalue weighted by Gasteiger charge is 2.45. The first-order valence-corrected chi connectivity index (χ1v) is 27.0. The number of phenolic OH excluding ortho intramolecular Hbond substituents is 1. The molecule has 74 heavy (non-hydrogen) atoms. The van der Waals surface area contributed by atoms with E-state index in [-0.39, 0.29) is 83.2 Å². The van der Waals surface area contributed by atoms with Crippen LogP contribution in [0.1, 0.15) is 154 Å². The Balaban J connectivity index is 1.61. The largest absolute Gasteiger partial charge is 0.508 e. The molecule has 13 N–H and O–H groups in total. The van der Waals surface area contributed by atoms with E-state index in [1.165, 1.54) is 82.6 Å². The minimum atomic E-state index is -1.67. The van der Waals surface area contributed by atoms with Gasteiger partial charge in [-0.1, -0.05) is 108 Å². The van der Waals surface area contributed by atoms with Crippen molar-refractivity contribution in [1.82, 2.24) is 36.4 Å². The number of fused-ring (bicyclic) bond motifs is 2. The molecule has 0 saturated carbocycles. The van der Waals surface area contributed by atoms with Crippen LogP contribution in [0.15, 0.2) is 36.4 Å². The van der Waals surface area contributed by atoms with Crippen molar-refractivity contribution in [1.29, 1.82) is 0 Å². The second-order valence-corrected chi connectivity index (χ2v) is 20.3. The van der Waals surface area contributed by atoms with Crippen LogP contribution in [0.2, 0.25) is 0 Å². The van der Waals surface area contributed by atoms with Gasteiger partial charge in [0.2, 0.25) is 47.3 Å². The van der Waals surface area contributed by atoms with Gasteiger partial charge in [0, 0.05) is 32.4 Å². The molecule has 0 bridgehead atoms. The highest BCUT2D eigenvalue weighted by atomic mass is 16.3. The molecule has 0 aliphatic carbocycles. The first-order valence-electron chi connectivity index (χ1n) is 27.0. The van der Waals surface area contributed by atoms with Gasteiger partial charge < -0.3 is 68.3 Å². The molecule has 2 saturated heterocycles. The number of benzene rings is 1. The monoisotopic (exact) mass is 1040 g/mol. The number of hydrogen-bond acceptors (Lipinski definition) is 13. The van der Waals surface area contributed by atoms with Crippen LogP contribution in [-0.2, 0) is 44.8 Å². The Morgan fingerprint density at radius 3 is 1.76 bits per heavy atom. The molecule has 21 nitrogen and oxygen atoms in total. The van der Waals surface area contributed by atoms with E-state index in [1.807, 2.05) is 0 Å². The highest BCUT2D eigenvalue weighted by molar-refractivity contribution is 5.98. The highest BCUT2D eigenvalue weighted by Crippen LogP contribution is 2.24. The van der Waals surface area contributed by atoms with Gasteiger partial charge in [0.15, 0.2) is 0 Å². The summed E-state index contributed by atoms with van der Waals surface area (Å²) in [6.45, 7) is 2.94. The smallest absolute Gasteiger partial charge is 0.248 e. The Hall–Kier alpha value is -5.64. The topological polar surface area (TPSA) is 336 Å². The Kier molecular flexibility index (Phi) is 26.3. The fourth-order valence-electron chi connectivity index (χ4n) is 9.78. The Labute approximate surface area is 435 Å². The minimum Gasteiger partial charge on any atom is -0.508 e. The third-order valence-electron chi connectivity index (χ3n) is 14.1. The second kappa shape index (κ2) is 31.9. The zero-order chi connectivity index (χ0) is 54.2. The molecule has 1 aromatic carbocycles. The lowest BCUT2D eigenvalue weighted by Gasteiger charge is -2.32. The average Bonchev–Trinajstić information content (AvgIpc) is 3.97. The van der Waals surface area contributed by atoms with Gasteiger partial charge in [-0.3, -0.25) is 38.4 Å². The minimum absolute atomic E-state index is 0.000218. The summed E-state index contributed by atoms with van der Waals surface area (Å²) in [5, 5.41) is 55.8. The van der Waals surface area contributed by atoms with E-state index in [0.29, 0.717) is 12.0 Å². The maximum Gasteiger partial charge on any atom is 0.248 e. The van der Waals surface area contributed by atoms with Crippen LogP contribution in [0.3, 0.4) is 0 Å². The number of carbonyl (C=O) groups is 8. The normalized spacial score (nSPS) is 26.5. The number of unbranched alkanes of at least 4 members (excludes halogenated alkanes) is 12. The van der Waals surface area contributed by atoms with Gasteiger partial charge in [-0.25, -0.2) is 0 Å². The van der Waals surface area contributed by atoms with Gasteiger partial charge in [0.1, 0.15) is 48.0 Å². The second-order valence-electron chi connectivity index (χ2n) is 20.3. The fraction of sp³-hybridized carbons (Fsp3) is 0.698. The molecule has 10 atom stereocenters. The number of phenols is 1. The number of rotatable bonds is 23. The van der Waals surface area contributed by atoms with Crippen LogP contribution in [-0.4, -0.2) is 158 Å². The summed E-state index contributed by atoms with van der Waals surface area (Å²) in [4.78, 5) is 114. The lowest BCUT2D eigenvalue weighted by atomic mass is 10.0. The molecule has 4 rings (SSSR count). The Morgan fingerprint density at radius 1 is 0.676 bits per heavy atom. The van der Waals surface area contributed by atoms with Crippen LogP contribution in [0.25, 0.3) is 0 Å². The number of aryl methyl sites for hydroxylation is 1. The lowest BCUT2D eigenvalue weighted by molar-refractivity contribution is -0.145. The van der Waals surface area contributed by atoms with E-state index in [1.54, 1.807) is 12.1 Å². The molecule has 2 fully saturated rings. The molecule has 0 spiro atoms. The first-order chi connectivity index (χ1) is 35.4. The standard InChI is InChI=1S/C53H85N9O12/c1-3-4-5-6-7-8-9-10-11-12-13-14-15-22-45(67)56-40-20-17-16-19-39(47(55)68)57-50(71)43-30-37(65)32-61(43)52(73)42(21-18-29-54)59-48(69)41(28-25-35-23-26-36(64)27-24-35)58-51(72)44-31-38(66)33-62(44)53(74)46(34(2)63)60-49(40)70/h16-17,23-24,26-27,34,37-44,46,63-66H,3-15,18-22,25,28-33,54H2,1-2H3,(H2,55,68)(H,56,67)(H,57,71)(H,58,72)(H,59,69)(H,60,70)/b17-16+/t34-,37-,38-,39+,40-,41+,42+,43+,44+,46+/m1/s1. The molecule has 3 heterocycles. The van der Waals surface area contributed by atoms with Crippen LogP contribution in [0, 0.1) is 0 Å². The van der Waals surface area contributed by atoms with E-state index < -0.39 is 108 Å². The number of nitrogens with one attached hydrogen (secondary N) is 5. The molecule has 414 valence electrons. The van der Waals surface area contributed by atoms with Crippen molar-refractivity contribution in [3.05, 3.63) is 42.0 Å². The summed E-state index contributed by atoms with van der Waals surface area (Å²) in [7, 11) is 0. The van der Waals surface area contributed by atoms with E-state index in [0.717, 1.165) is 35.5 Å². The molecule has 0 unspecified atom stereocenters. The van der Waals surface area contributed by atoms with Crippen LogP contribution in [0.4, 0.5) is 0 Å². The van der Waals surface area contributed by atoms with E-state index in [2.05, 4.69) is 33.5 Å². The van der Waals surface area contributed by atoms with E-state index in [9.17, 15) is 58.8 Å². The van der Waals surface area contributed by atoms with Crippen molar-refractivity contribution in [3.8, 4) is 5.75 Å². The number of aliphatic hydroxyl groups excluding tert-OH is 3. The van der Waals surface area contributed by atoms with Crippen molar-refractivity contribution >= 4 is 47.3 Å². The van der Waals surface area contributed by atoms with Gasteiger partial charge in [0.25, 0.3) is 0 Å². The van der Waals surface area contributed by atoms with Crippen LogP contribution in [0.5, 0.6) is 5.75 Å². The predicted molar refractivity (Wildman–Crippen MR) is 276 cm³/mol. The number of aliphatic hydroxyl groups is 3. The molecular weight excluding hydrogens is 955 g/mol. The predicted octanol–water partition coefficient (Wildman–Crippen LogP) is 1.11. The third-order valence-corrected chi connectivity index (χ3v) is 14.1. The number of nitrogens with two attached hydrogens (primary N) is 2. The van der Waals surface area contributed by atoms with Gasteiger partial charge >= 0.3 is 0 Å². The van der Waals surface area contributed by atoms with Crippen molar-refractivity contribution in [2.45, 2.75) is 216 Å². The number of nitrogens with zero attached hydrogens (tertiary/aromatic N) is 2.